The predicted molar refractivity (Wildman–Crippen MR) is 110 cm³/mol. The molecule has 0 bridgehead atoms. The molecule has 0 aromatic heterocycles. The van der Waals surface area contributed by atoms with Crippen molar-refractivity contribution in [2.45, 2.75) is 33.4 Å². The van der Waals surface area contributed by atoms with Crippen LogP contribution in [0.2, 0.25) is 5.02 Å². The van der Waals surface area contributed by atoms with Gasteiger partial charge in [-0.1, -0.05) is 17.7 Å². The number of aryl methyl sites for hydroxylation is 2. The number of carbonyl (C=O) groups is 1. The van der Waals surface area contributed by atoms with Crippen LogP contribution in [0.25, 0.3) is 0 Å². The molecule has 0 aliphatic carbocycles. The molecule has 1 N–H and O–H groups in total. The van der Waals surface area contributed by atoms with Gasteiger partial charge in [0, 0.05) is 17.3 Å². The largest absolute Gasteiger partial charge is 0.493 e. The second-order valence-electron chi connectivity index (χ2n) is 6.67. The summed E-state index contributed by atoms with van der Waals surface area (Å²) in [4.78, 5) is 14.7. The van der Waals surface area contributed by atoms with Crippen molar-refractivity contribution in [1.82, 2.24) is 4.90 Å². The van der Waals surface area contributed by atoms with Crippen LogP contribution in [0, 0.1) is 13.8 Å². The van der Waals surface area contributed by atoms with E-state index in [0.717, 1.165) is 22.4 Å². The molecule has 2 aromatic rings. The zero-order valence-electron chi connectivity index (χ0n) is 16.7. The molecule has 0 aliphatic heterocycles. The number of amides is 1. The molecular weight excluding hydrogens is 364 g/mol. The first kappa shape index (κ1) is 21.1. The number of nitrogens with one attached hydrogen (secondary N) is 1. The summed E-state index contributed by atoms with van der Waals surface area (Å²) in [5, 5.41) is 3.56. The zero-order valence-corrected chi connectivity index (χ0v) is 17.5. The Kier molecular flexibility index (Phi) is 7.11. The fourth-order valence-corrected chi connectivity index (χ4v) is 2.94. The molecular formula is C21H27ClN2O3. The molecule has 146 valence electrons. The molecule has 0 saturated carbocycles. The maximum Gasteiger partial charge on any atom is 0.241 e. The summed E-state index contributed by atoms with van der Waals surface area (Å²) in [6, 6.07) is 9.04. The summed E-state index contributed by atoms with van der Waals surface area (Å²) in [7, 11) is 5.16. The first-order valence-electron chi connectivity index (χ1n) is 8.75. The van der Waals surface area contributed by atoms with Crippen LogP contribution < -0.4 is 14.8 Å². The Bertz CT molecular complexity index is 823. The molecule has 0 heterocycles. The SMILES string of the molecule is COc1cc(C)c(CN(C)[C@H](C)C(=O)Nc2cc(Cl)ccc2C)cc1OC. The highest BCUT2D eigenvalue weighted by atomic mass is 35.5. The summed E-state index contributed by atoms with van der Waals surface area (Å²) < 4.78 is 10.7. The van der Waals surface area contributed by atoms with Crippen molar-refractivity contribution in [3.63, 3.8) is 0 Å². The second-order valence-corrected chi connectivity index (χ2v) is 7.11. The van der Waals surface area contributed by atoms with Crippen LogP contribution in [-0.2, 0) is 11.3 Å². The summed E-state index contributed by atoms with van der Waals surface area (Å²) >= 11 is 6.04. The van der Waals surface area contributed by atoms with Gasteiger partial charge in [0.1, 0.15) is 0 Å². The van der Waals surface area contributed by atoms with E-state index in [2.05, 4.69) is 5.32 Å². The van der Waals surface area contributed by atoms with Crippen molar-refractivity contribution in [2.75, 3.05) is 26.6 Å². The topological polar surface area (TPSA) is 50.8 Å². The van der Waals surface area contributed by atoms with E-state index in [9.17, 15) is 4.79 Å². The van der Waals surface area contributed by atoms with Crippen molar-refractivity contribution in [3.05, 3.63) is 52.0 Å². The Morgan fingerprint density at radius 2 is 1.74 bits per heavy atom. The lowest BCUT2D eigenvalue weighted by Crippen LogP contribution is -2.39. The van der Waals surface area contributed by atoms with E-state index in [4.69, 9.17) is 21.1 Å². The van der Waals surface area contributed by atoms with Gasteiger partial charge in [-0.25, -0.2) is 0 Å². The van der Waals surface area contributed by atoms with Gasteiger partial charge in [0.15, 0.2) is 11.5 Å². The second kappa shape index (κ2) is 9.11. The highest BCUT2D eigenvalue weighted by Gasteiger charge is 2.20. The van der Waals surface area contributed by atoms with E-state index < -0.39 is 0 Å². The number of carbonyl (C=O) groups excluding carboxylic acids is 1. The number of methoxy groups -OCH3 is 2. The van der Waals surface area contributed by atoms with E-state index >= 15 is 0 Å². The van der Waals surface area contributed by atoms with Gasteiger partial charge in [0.05, 0.1) is 20.3 Å². The number of halogens is 1. The average molecular weight is 391 g/mol. The van der Waals surface area contributed by atoms with E-state index in [1.807, 2.05) is 57.0 Å². The first-order chi connectivity index (χ1) is 12.8. The van der Waals surface area contributed by atoms with E-state index in [1.54, 1.807) is 20.3 Å². The number of anilines is 1. The molecule has 0 unspecified atom stereocenters. The van der Waals surface area contributed by atoms with E-state index in [0.29, 0.717) is 23.1 Å². The molecule has 0 radical (unpaired) electrons. The molecule has 0 spiro atoms. The summed E-state index contributed by atoms with van der Waals surface area (Å²) in [6.07, 6.45) is 0. The van der Waals surface area contributed by atoms with Gasteiger partial charge in [-0.05, 0) is 68.8 Å². The quantitative estimate of drug-likeness (QED) is 0.759. The summed E-state index contributed by atoms with van der Waals surface area (Å²) in [6.45, 7) is 6.44. The minimum atomic E-state index is -0.323. The predicted octanol–water partition coefficient (Wildman–Crippen LogP) is 4.43. The molecule has 0 fully saturated rings. The molecule has 2 rings (SSSR count). The normalized spacial score (nSPS) is 12.0. The van der Waals surface area contributed by atoms with E-state index in [-0.39, 0.29) is 11.9 Å². The van der Waals surface area contributed by atoms with Crippen molar-refractivity contribution in [3.8, 4) is 11.5 Å². The third-order valence-corrected chi connectivity index (χ3v) is 5.00. The van der Waals surface area contributed by atoms with Crippen molar-refractivity contribution >= 4 is 23.2 Å². The number of likely N-dealkylation sites (N-methyl/N-ethyl adjacent to an activating group) is 1. The van der Waals surface area contributed by atoms with Crippen LogP contribution in [0.15, 0.2) is 30.3 Å². The monoisotopic (exact) mass is 390 g/mol. The van der Waals surface area contributed by atoms with Gasteiger partial charge in [0.25, 0.3) is 0 Å². The van der Waals surface area contributed by atoms with Crippen LogP contribution in [0.5, 0.6) is 11.5 Å². The van der Waals surface area contributed by atoms with Crippen LogP contribution in [0.4, 0.5) is 5.69 Å². The van der Waals surface area contributed by atoms with Crippen molar-refractivity contribution in [1.29, 1.82) is 0 Å². The lowest BCUT2D eigenvalue weighted by molar-refractivity contribution is -0.120. The van der Waals surface area contributed by atoms with E-state index in [1.165, 1.54) is 0 Å². The van der Waals surface area contributed by atoms with Crippen LogP contribution >= 0.6 is 11.6 Å². The molecule has 27 heavy (non-hydrogen) atoms. The first-order valence-corrected chi connectivity index (χ1v) is 9.13. The van der Waals surface area contributed by atoms with Crippen molar-refractivity contribution < 1.29 is 14.3 Å². The molecule has 1 atom stereocenters. The van der Waals surface area contributed by atoms with Gasteiger partial charge >= 0.3 is 0 Å². The fraction of sp³-hybridized carbons (Fsp3) is 0.381. The van der Waals surface area contributed by atoms with Gasteiger partial charge in [0.2, 0.25) is 5.91 Å². The third-order valence-electron chi connectivity index (χ3n) is 4.76. The van der Waals surface area contributed by atoms with Gasteiger partial charge in [-0.2, -0.15) is 0 Å². The number of hydrogen-bond donors (Lipinski definition) is 1. The Morgan fingerprint density at radius 3 is 2.37 bits per heavy atom. The Balaban J connectivity index is 2.12. The number of nitrogens with zero attached hydrogens (tertiary/aromatic N) is 1. The number of rotatable bonds is 7. The average Bonchev–Trinajstić information content (AvgIpc) is 2.65. The van der Waals surface area contributed by atoms with Crippen LogP contribution in [-0.4, -0.2) is 38.1 Å². The molecule has 5 nitrogen and oxygen atoms in total. The molecule has 0 aliphatic rings. The Labute approximate surface area is 166 Å². The Hall–Kier alpha value is -2.24. The Morgan fingerprint density at radius 1 is 1.11 bits per heavy atom. The number of hydrogen-bond acceptors (Lipinski definition) is 4. The third kappa shape index (κ3) is 5.15. The zero-order chi connectivity index (χ0) is 20.1. The van der Waals surface area contributed by atoms with Crippen LogP contribution in [0.1, 0.15) is 23.6 Å². The lowest BCUT2D eigenvalue weighted by Gasteiger charge is -2.25. The maximum absolute atomic E-state index is 12.7. The van der Waals surface area contributed by atoms with Crippen LogP contribution in [0.3, 0.4) is 0 Å². The van der Waals surface area contributed by atoms with Gasteiger partial charge in [-0.15, -0.1) is 0 Å². The van der Waals surface area contributed by atoms with Gasteiger partial charge in [-0.3, -0.25) is 9.69 Å². The van der Waals surface area contributed by atoms with Gasteiger partial charge < -0.3 is 14.8 Å². The fourth-order valence-electron chi connectivity index (χ4n) is 2.76. The highest BCUT2D eigenvalue weighted by Crippen LogP contribution is 2.31. The molecule has 0 saturated heterocycles. The summed E-state index contributed by atoms with van der Waals surface area (Å²) in [5.41, 5.74) is 3.86. The standard InChI is InChI=1S/C21H27ClN2O3/c1-13-7-8-17(22)11-18(13)23-21(25)15(3)24(4)12-16-10-20(27-6)19(26-5)9-14(16)2/h7-11,15H,12H2,1-6H3,(H,23,25)/t15-/m1/s1. The smallest absolute Gasteiger partial charge is 0.241 e. The number of ether oxygens (including phenoxy) is 2. The minimum Gasteiger partial charge on any atom is -0.493 e. The highest BCUT2D eigenvalue weighted by molar-refractivity contribution is 6.31. The lowest BCUT2D eigenvalue weighted by atomic mass is 10.1. The minimum absolute atomic E-state index is 0.0824. The molecule has 6 heteroatoms. The molecule has 1 amide bonds. The molecule has 2 aromatic carbocycles. The maximum atomic E-state index is 12.7. The van der Waals surface area contributed by atoms with Crippen molar-refractivity contribution in [2.24, 2.45) is 0 Å². The number of benzene rings is 2. The summed E-state index contributed by atoms with van der Waals surface area (Å²) in [5.74, 6) is 1.29.